The number of aromatic amines is 2. The fraction of sp³-hybridized carbons (Fsp3) is 0.542. The number of aromatic nitrogens is 2. The lowest BCUT2D eigenvalue weighted by Crippen LogP contribution is -2.53. The third-order valence-corrected chi connectivity index (χ3v) is 14.3. The zero-order chi connectivity index (χ0) is 47.1. The van der Waals surface area contributed by atoms with Crippen molar-refractivity contribution in [1.29, 1.82) is 0 Å². The van der Waals surface area contributed by atoms with Crippen molar-refractivity contribution in [3.8, 4) is 0 Å². The highest BCUT2D eigenvalue weighted by Crippen LogP contribution is 2.46. The number of hydrogen-bond acceptors (Lipinski definition) is 9. The standard InChI is InChI=1S/C24H30BrN3O4.C17H19BrN2O.C7H13NO4.BrH.8H2S/c1-13(2)22(27-24(31)32-3)23(30)28-19-7-5-4-6-14(19)10-20(28)18-12-21(29)16-9-8-15(25)11-17(16)26-18;18-11-5-6-12-14(8-11)20-16(9-17(12)21)15-7-10-3-1-2-4-13(10)19-15;1-4(2)5(6(9)10)8-7(11)12-3;;;;;;;;;/h8-9,11-14,19-20,22H,4-7,10H2,1-3H3,(H,26,29)(H,27,31);5-6,8-10,13,15,19H,1-4,7H2,(H,20,21);4-5H,1-3H3,(H,8,11)(H,9,10);1H;8*1H2/t14-,19-,20-,22-;10-,13-,15-;5-;;;;;;;;;/m000........./s1. The summed E-state index contributed by atoms with van der Waals surface area (Å²) in [6.45, 7) is 7.23. The van der Waals surface area contributed by atoms with E-state index in [1.54, 1.807) is 32.0 Å². The molecule has 2 saturated heterocycles. The smallest absolute Gasteiger partial charge is 0.407 e. The maximum atomic E-state index is 13.8. The van der Waals surface area contributed by atoms with Crippen LogP contribution in [0.1, 0.15) is 115 Å². The van der Waals surface area contributed by atoms with Crippen LogP contribution in [0, 0.1) is 23.7 Å². The SMILES string of the molecule is Br.COC(=O)N[C@H](C(=O)N1[C@H](c2cc(=O)c3ccc(Br)cc3[nH]2)C[C@@H]2CCCC[C@@H]21)C(C)C.COC(=O)N[C@H](C(=O)O)C(C)C.O=c1cc([C@@H]2C[C@@H]3CCCC[C@@H]3N2)[nH]c2cc(Br)ccc12.S.S.S.S.S.S.S.S. The molecule has 0 spiro atoms. The fourth-order valence-corrected chi connectivity index (χ4v) is 10.7. The molecule has 3 amide bonds. The van der Waals surface area contributed by atoms with Gasteiger partial charge >= 0.3 is 18.2 Å². The molecule has 2 aliphatic heterocycles. The number of carboxylic acids is 1. The molecule has 2 saturated carbocycles. The average molecular weight is 1380 g/mol. The number of likely N-dealkylation sites (tertiary alicyclic amines) is 1. The minimum absolute atomic E-state index is 0. The Balaban J connectivity index is -0.000000512. The van der Waals surface area contributed by atoms with Gasteiger partial charge in [0.25, 0.3) is 0 Å². The summed E-state index contributed by atoms with van der Waals surface area (Å²) in [5.74, 6) is -0.260. The van der Waals surface area contributed by atoms with Crippen molar-refractivity contribution in [2.75, 3.05) is 14.2 Å². The number of methoxy groups -OCH3 is 2. The Morgan fingerprint density at radius 1 is 0.635 bits per heavy atom. The maximum Gasteiger partial charge on any atom is 0.407 e. The zero-order valence-electron chi connectivity index (χ0n) is 42.3. The normalized spacial score (nSPS) is 20.4. The van der Waals surface area contributed by atoms with Crippen LogP contribution in [0.25, 0.3) is 21.8 Å². The molecule has 4 heterocycles. The molecule has 0 bridgehead atoms. The molecule has 2 aromatic heterocycles. The van der Waals surface area contributed by atoms with Crippen molar-refractivity contribution in [2.45, 2.75) is 128 Å². The number of fused-ring (bicyclic) bond motifs is 4. The van der Waals surface area contributed by atoms with Gasteiger partial charge in [-0.2, -0.15) is 108 Å². The van der Waals surface area contributed by atoms with E-state index in [1.807, 2.05) is 49.1 Å². The van der Waals surface area contributed by atoms with Crippen LogP contribution in [0.15, 0.2) is 67.1 Å². The van der Waals surface area contributed by atoms with Crippen LogP contribution in [-0.2, 0) is 19.1 Å². The number of alkyl carbamates (subject to hydrolysis) is 2. The van der Waals surface area contributed by atoms with Gasteiger partial charge in [-0.15, -0.1) is 17.0 Å². The second-order valence-electron chi connectivity index (χ2n) is 18.3. The predicted octanol–water partition coefficient (Wildman–Crippen LogP) is 10.3. The second-order valence-corrected chi connectivity index (χ2v) is 20.2. The van der Waals surface area contributed by atoms with Crippen molar-refractivity contribution < 1.29 is 33.8 Å². The third kappa shape index (κ3) is 20.0. The van der Waals surface area contributed by atoms with E-state index in [9.17, 15) is 28.8 Å². The lowest BCUT2D eigenvalue weighted by atomic mass is 9.84. The topological polar surface area (TPSA) is 212 Å². The lowest BCUT2D eigenvalue weighted by Gasteiger charge is -2.37. The maximum absolute atomic E-state index is 13.8. The number of carboxylic acid groups (broad SMARTS) is 1. The van der Waals surface area contributed by atoms with Gasteiger partial charge in [-0.25, -0.2) is 14.4 Å². The van der Waals surface area contributed by atoms with Gasteiger partial charge in [0, 0.05) is 61.4 Å². The Morgan fingerprint density at radius 2 is 1.08 bits per heavy atom. The number of carbonyl (C=O) groups excluding carboxylic acids is 3. The molecule has 0 radical (unpaired) electrons. The highest BCUT2D eigenvalue weighted by molar-refractivity contribution is 9.10. The predicted molar refractivity (Wildman–Crippen MR) is 350 cm³/mol. The van der Waals surface area contributed by atoms with Gasteiger partial charge in [-0.3, -0.25) is 14.4 Å². The first kappa shape index (κ1) is 79.0. The summed E-state index contributed by atoms with van der Waals surface area (Å²) >= 11 is 6.95. The first-order valence-electron chi connectivity index (χ1n) is 22.6. The second kappa shape index (κ2) is 36.7. The van der Waals surface area contributed by atoms with Crippen molar-refractivity contribution in [3.63, 3.8) is 0 Å². The van der Waals surface area contributed by atoms with Crippen LogP contribution in [0.5, 0.6) is 0 Å². The van der Waals surface area contributed by atoms with E-state index in [0.29, 0.717) is 23.4 Å². The van der Waals surface area contributed by atoms with Gasteiger partial charge in [-0.1, -0.05) is 85.2 Å². The summed E-state index contributed by atoms with van der Waals surface area (Å²) in [6.07, 6.45) is 10.2. The zero-order valence-corrected chi connectivity index (χ0v) is 55.2. The van der Waals surface area contributed by atoms with E-state index in [4.69, 9.17) is 9.84 Å². The Morgan fingerprint density at radius 3 is 1.55 bits per heavy atom. The van der Waals surface area contributed by atoms with Crippen LogP contribution >= 0.6 is 157 Å². The highest BCUT2D eigenvalue weighted by atomic mass is 79.9. The van der Waals surface area contributed by atoms with Crippen molar-refractivity contribution >= 4 is 203 Å². The molecular formula is C48H79Br3N6O9S8. The highest BCUT2D eigenvalue weighted by Gasteiger charge is 2.48. The summed E-state index contributed by atoms with van der Waals surface area (Å²) in [7, 11) is 2.49. The van der Waals surface area contributed by atoms with Crippen LogP contribution in [0.2, 0.25) is 0 Å². The number of H-pyrrole nitrogens is 2. The van der Waals surface area contributed by atoms with Gasteiger partial charge in [-0.05, 0) is 98.6 Å². The molecule has 6 N–H and O–H groups in total. The number of benzene rings is 2. The van der Waals surface area contributed by atoms with Crippen LogP contribution in [-0.4, -0.2) is 82.4 Å². The molecule has 424 valence electrons. The summed E-state index contributed by atoms with van der Waals surface area (Å²) in [5, 5.41) is 18.7. The number of halogens is 3. The summed E-state index contributed by atoms with van der Waals surface area (Å²) < 4.78 is 10.9. The van der Waals surface area contributed by atoms with Crippen molar-refractivity contribution in [3.05, 3.63) is 89.3 Å². The van der Waals surface area contributed by atoms with E-state index >= 15 is 0 Å². The fourth-order valence-electron chi connectivity index (χ4n) is 10.0. The molecule has 4 aromatic rings. The first-order valence-corrected chi connectivity index (χ1v) is 24.2. The van der Waals surface area contributed by atoms with Gasteiger partial charge in [0.05, 0.1) is 31.3 Å². The Labute approximate surface area is 517 Å². The lowest BCUT2D eigenvalue weighted by molar-refractivity contribution is -0.140. The van der Waals surface area contributed by atoms with Crippen molar-refractivity contribution in [1.82, 2.24) is 30.8 Å². The number of carbonyl (C=O) groups is 4. The number of hydrogen-bond donors (Lipinski definition) is 6. The van der Waals surface area contributed by atoms with Gasteiger partial charge in [0.1, 0.15) is 12.1 Å². The number of amides is 3. The van der Waals surface area contributed by atoms with Crippen molar-refractivity contribution in [2.24, 2.45) is 23.7 Å². The largest absolute Gasteiger partial charge is 0.480 e. The number of pyridine rings is 2. The summed E-state index contributed by atoms with van der Waals surface area (Å²) in [5.41, 5.74) is 3.52. The number of nitrogens with zero attached hydrogens (tertiary/aromatic N) is 1. The van der Waals surface area contributed by atoms with E-state index < -0.39 is 30.2 Å². The molecule has 26 heteroatoms. The first-order chi connectivity index (χ1) is 31.0. The van der Waals surface area contributed by atoms with E-state index in [2.05, 4.69) is 62.5 Å². The molecule has 8 rings (SSSR count). The van der Waals surface area contributed by atoms with Gasteiger partial charge in [0.2, 0.25) is 5.91 Å². The minimum atomic E-state index is -1.06. The number of ether oxygens (including phenoxy) is 2. The van der Waals surface area contributed by atoms with Crippen LogP contribution < -0.4 is 26.8 Å². The molecule has 15 nitrogen and oxygen atoms in total. The van der Waals surface area contributed by atoms with E-state index in [1.165, 1.54) is 39.9 Å². The summed E-state index contributed by atoms with van der Waals surface area (Å²) in [4.78, 5) is 81.0. The van der Waals surface area contributed by atoms with Crippen LogP contribution in [0.4, 0.5) is 9.59 Å². The molecule has 0 unspecified atom stereocenters. The molecule has 2 aliphatic carbocycles. The van der Waals surface area contributed by atoms with Gasteiger partial charge < -0.3 is 45.4 Å². The Kier molecular flexibility index (Phi) is 39.2. The van der Waals surface area contributed by atoms with E-state index in [0.717, 1.165) is 81.2 Å². The Bertz CT molecular complexity index is 2500. The summed E-state index contributed by atoms with van der Waals surface area (Å²) in [6, 6.07) is 14.0. The molecular weight excluding hydrogens is 1300 g/mol. The van der Waals surface area contributed by atoms with E-state index in [-0.39, 0.29) is 166 Å². The number of aliphatic carboxylic acids is 1. The minimum Gasteiger partial charge on any atom is -0.480 e. The molecule has 4 aliphatic rings. The quantitative estimate of drug-likeness (QED) is 0.0983. The monoisotopic (exact) mass is 1380 g/mol. The Hall–Kier alpha value is -1.46. The number of rotatable bonds is 8. The average Bonchev–Trinajstić information content (AvgIpc) is 3.89. The molecule has 4 fully saturated rings. The van der Waals surface area contributed by atoms with Gasteiger partial charge in [0.15, 0.2) is 10.9 Å². The van der Waals surface area contributed by atoms with Crippen LogP contribution in [0.3, 0.4) is 0 Å². The molecule has 74 heavy (non-hydrogen) atoms. The molecule has 2 aromatic carbocycles. The molecule has 8 atom stereocenters. The third-order valence-electron chi connectivity index (χ3n) is 13.3. The number of nitrogens with one attached hydrogen (secondary N) is 5.